The van der Waals surface area contributed by atoms with Crippen molar-refractivity contribution in [2.45, 2.75) is 0 Å². The predicted molar refractivity (Wildman–Crippen MR) is 85.5 cm³/mol. The summed E-state index contributed by atoms with van der Waals surface area (Å²) in [5.41, 5.74) is 0.881. The lowest BCUT2D eigenvalue weighted by molar-refractivity contribution is 0.102. The number of hydrogen-bond donors (Lipinski definition) is 2. The molecular weight excluding hydrogens is 332 g/mol. The molecule has 1 amide bonds. The first-order valence-corrected chi connectivity index (χ1v) is 7.07. The standard InChI is InChI=1S/C16H11BrN2O2/c17-11-4-5-12(15(20)8-11)16(21)19-14-3-1-2-10-6-7-18-9-13(10)14/h1-9,20H,(H,19,21). The second-order valence-electron chi connectivity index (χ2n) is 4.52. The van der Waals surface area contributed by atoms with Crippen LogP contribution in [0.3, 0.4) is 0 Å². The molecule has 2 aromatic carbocycles. The Bertz CT molecular complexity index is 828. The molecule has 0 aliphatic rings. The highest BCUT2D eigenvalue weighted by Gasteiger charge is 2.12. The number of amides is 1. The van der Waals surface area contributed by atoms with Gasteiger partial charge in [0.25, 0.3) is 5.91 Å². The third-order valence-electron chi connectivity index (χ3n) is 3.14. The fourth-order valence-corrected chi connectivity index (χ4v) is 2.46. The van der Waals surface area contributed by atoms with Crippen molar-refractivity contribution in [3.63, 3.8) is 0 Å². The van der Waals surface area contributed by atoms with Crippen molar-refractivity contribution in [1.29, 1.82) is 0 Å². The molecule has 3 aromatic rings. The van der Waals surface area contributed by atoms with Crippen LogP contribution in [-0.2, 0) is 0 Å². The monoisotopic (exact) mass is 342 g/mol. The quantitative estimate of drug-likeness (QED) is 0.741. The molecule has 0 spiro atoms. The van der Waals surface area contributed by atoms with Crippen LogP contribution in [0.5, 0.6) is 5.75 Å². The van der Waals surface area contributed by atoms with Crippen LogP contribution in [0.1, 0.15) is 10.4 Å². The summed E-state index contributed by atoms with van der Waals surface area (Å²) in [5.74, 6) is -0.434. The first kappa shape index (κ1) is 13.6. The molecular formula is C16H11BrN2O2. The topological polar surface area (TPSA) is 62.2 Å². The van der Waals surface area contributed by atoms with Gasteiger partial charge in [0.2, 0.25) is 0 Å². The van der Waals surface area contributed by atoms with Crippen LogP contribution in [0.15, 0.2) is 59.3 Å². The van der Waals surface area contributed by atoms with Gasteiger partial charge < -0.3 is 10.4 Å². The van der Waals surface area contributed by atoms with Crippen LogP contribution in [-0.4, -0.2) is 16.0 Å². The molecule has 0 fully saturated rings. The lowest BCUT2D eigenvalue weighted by Gasteiger charge is -2.09. The summed E-state index contributed by atoms with van der Waals surface area (Å²) in [6.07, 6.45) is 3.40. The normalized spacial score (nSPS) is 10.5. The molecule has 3 rings (SSSR count). The fourth-order valence-electron chi connectivity index (χ4n) is 2.11. The Morgan fingerprint density at radius 1 is 1.19 bits per heavy atom. The number of halogens is 1. The van der Waals surface area contributed by atoms with Crippen LogP contribution >= 0.6 is 15.9 Å². The molecule has 0 aliphatic heterocycles. The van der Waals surface area contributed by atoms with Crippen molar-refractivity contribution in [2.75, 3.05) is 5.32 Å². The third-order valence-corrected chi connectivity index (χ3v) is 3.63. The summed E-state index contributed by atoms with van der Waals surface area (Å²) in [6, 6.07) is 12.3. The summed E-state index contributed by atoms with van der Waals surface area (Å²) in [7, 11) is 0. The molecule has 5 heteroatoms. The largest absolute Gasteiger partial charge is 0.507 e. The van der Waals surface area contributed by atoms with Gasteiger partial charge in [-0.3, -0.25) is 9.78 Å². The van der Waals surface area contributed by atoms with Gasteiger partial charge in [-0.05, 0) is 35.7 Å². The third kappa shape index (κ3) is 2.73. The Kier molecular flexibility index (Phi) is 3.58. The van der Waals surface area contributed by atoms with Gasteiger partial charge >= 0.3 is 0 Å². The molecule has 2 N–H and O–H groups in total. The highest BCUT2D eigenvalue weighted by atomic mass is 79.9. The fraction of sp³-hybridized carbons (Fsp3) is 0. The van der Waals surface area contributed by atoms with E-state index in [1.54, 1.807) is 30.6 Å². The van der Waals surface area contributed by atoms with Crippen molar-refractivity contribution < 1.29 is 9.90 Å². The zero-order valence-corrected chi connectivity index (χ0v) is 12.5. The average Bonchev–Trinajstić information content (AvgIpc) is 2.47. The van der Waals surface area contributed by atoms with Crippen molar-refractivity contribution in [1.82, 2.24) is 4.98 Å². The van der Waals surface area contributed by atoms with E-state index in [1.165, 1.54) is 6.07 Å². The number of anilines is 1. The van der Waals surface area contributed by atoms with E-state index in [4.69, 9.17) is 0 Å². The van der Waals surface area contributed by atoms with Gasteiger partial charge in [-0.1, -0.05) is 28.1 Å². The van der Waals surface area contributed by atoms with Crippen LogP contribution in [0, 0.1) is 0 Å². The maximum absolute atomic E-state index is 12.3. The Labute approximate surface area is 129 Å². The number of nitrogens with zero attached hydrogens (tertiary/aromatic N) is 1. The van der Waals surface area contributed by atoms with Crippen LogP contribution in [0.25, 0.3) is 10.8 Å². The lowest BCUT2D eigenvalue weighted by atomic mass is 10.1. The van der Waals surface area contributed by atoms with Crippen LogP contribution < -0.4 is 5.32 Å². The number of rotatable bonds is 2. The number of phenolic OH excluding ortho intramolecular Hbond substituents is 1. The Balaban J connectivity index is 1.97. The summed E-state index contributed by atoms with van der Waals surface area (Å²) >= 11 is 3.24. The number of nitrogens with one attached hydrogen (secondary N) is 1. The Morgan fingerprint density at radius 3 is 2.86 bits per heavy atom. The summed E-state index contributed by atoms with van der Waals surface area (Å²) in [5, 5.41) is 14.5. The highest BCUT2D eigenvalue weighted by Crippen LogP contribution is 2.26. The van der Waals surface area contributed by atoms with Gasteiger partial charge in [0.15, 0.2) is 0 Å². The van der Waals surface area contributed by atoms with E-state index in [0.717, 1.165) is 10.8 Å². The molecule has 0 unspecified atom stereocenters. The zero-order valence-electron chi connectivity index (χ0n) is 10.9. The molecule has 0 saturated heterocycles. The minimum atomic E-state index is -0.364. The van der Waals surface area contributed by atoms with Crippen molar-refractivity contribution >= 4 is 38.3 Å². The first-order valence-electron chi connectivity index (χ1n) is 6.28. The molecule has 0 bridgehead atoms. The minimum absolute atomic E-state index is 0.0692. The number of hydrogen-bond acceptors (Lipinski definition) is 3. The molecule has 1 heterocycles. The molecule has 0 atom stereocenters. The zero-order chi connectivity index (χ0) is 14.8. The van der Waals surface area contributed by atoms with Gasteiger partial charge in [0.1, 0.15) is 5.75 Å². The maximum atomic E-state index is 12.3. The number of phenols is 1. The summed E-state index contributed by atoms with van der Waals surface area (Å²) in [6.45, 7) is 0. The second kappa shape index (κ2) is 5.54. The maximum Gasteiger partial charge on any atom is 0.259 e. The van der Waals surface area contributed by atoms with E-state index in [2.05, 4.69) is 26.2 Å². The van der Waals surface area contributed by atoms with Gasteiger partial charge in [-0.2, -0.15) is 0 Å². The number of fused-ring (bicyclic) bond motifs is 1. The molecule has 4 nitrogen and oxygen atoms in total. The van der Waals surface area contributed by atoms with Crippen LogP contribution in [0.2, 0.25) is 0 Å². The van der Waals surface area contributed by atoms with Crippen molar-refractivity contribution in [3.8, 4) is 5.75 Å². The van der Waals surface area contributed by atoms with Crippen LogP contribution in [0.4, 0.5) is 5.69 Å². The smallest absolute Gasteiger partial charge is 0.259 e. The van der Waals surface area contributed by atoms with E-state index in [-0.39, 0.29) is 17.2 Å². The van der Waals surface area contributed by atoms with E-state index in [0.29, 0.717) is 10.2 Å². The molecule has 0 radical (unpaired) electrons. The van der Waals surface area contributed by atoms with E-state index < -0.39 is 0 Å². The Hall–Kier alpha value is -2.40. The second-order valence-corrected chi connectivity index (χ2v) is 5.43. The van der Waals surface area contributed by atoms with Crippen molar-refractivity contribution in [3.05, 3.63) is 64.9 Å². The molecule has 0 saturated carbocycles. The van der Waals surface area contributed by atoms with Gasteiger partial charge in [-0.15, -0.1) is 0 Å². The summed E-state index contributed by atoms with van der Waals surface area (Å²) < 4.78 is 0.714. The number of carbonyl (C=O) groups excluding carboxylic acids is 1. The number of aromatic hydroxyl groups is 1. The number of benzene rings is 2. The number of aromatic nitrogens is 1. The van der Waals surface area contributed by atoms with Gasteiger partial charge in [0.05, 0.1) is 11.3 Å². The predicted octanol–water partition coefficient (Wildman–Crippen LogP) is 3.96. The minimum Gasteiger partial charge on any atom is -0.507 e. The summed E-state index contributed by atoms with van der Waals surface area (Å²) in [4.78, 5) is 16.4. The SMILES string of the molecule is O=C(Nc1cccc2ccncc12)c1ccc(Br)cc1O. The number of pyridine rings is 1. The van der Waals surface area contributed by atoms with Crippen molar-refractivity contribution in [2.24, 2.45) is 0 Å². The highest BCUT2D eigenvalue weighted by molar-refractivity contribution is 9.10. The molecule has 0 aliphatic carbocycles. The Morgan fingerprint density at radius 2 is 2.05 bits per heavy atom. The molecule has 21 heavy (non-hydrogen) atoms. The molecule has 104 valence electrons. The average molecular weight is 343 g/mol. The van der Waals surface area contributed by atoms with Gasteiger partial charge in [0, 0.05) is 22.3 Å². The lowest BCUT2D eigenvalue weighted by Crippen LogP contribution is -2.12. The number of carbonyl (C=O) groups is 1. The van der Waals surface area contributed by atoms with Gasteiger partial charge in [-0.25, -0.2) is 0 Å². The first-order chi connectivity index (χ1) is 10.1. The molecule has 1 aromatic heterocycles. The van der Waals surface area contributed by atoms with E-state index >= 15 is 0 Å². The van der Waals surface area contributed by atoms with E-state index in [9.17, 15) is 9.90 Å². The van der Waals surface area contributed by atoms with E-state index in [1.807, 2.05) is 18.2 Å².